The summed E-state index contributed by atoms with van der Waals surface area (Å²) >= 11 is 18.8. The average molecular weight is 424 g/mol. The van der Waals surface area contributed by atoms with Crippen molar-refractivity contribution < 1.29 is 14.3 Å². The molecule has 0 atom stereocenters. The monoisotopic (exact) mass is 423 g/mol. The van der Waals surface area contributed by atoms with Crippen molar-refractivity contribution in [1.29, 1.82) is 0 Å². The molecule has 0 spiro atoms. The first-order chi connectivity index (χ1) is 12.4. The van der Waals surface area contributed by atoms with Gasteiger partial charge in [0.15, 0.2) is 4.32 Å². The van der Waals surface area contributed by atoms with Crippen molar-refractivity contribution >= 4 is 75.1 Å². The number of hydrogen-bond acceptors (Lipinski definition) is 5. The molecule has 8 heteroatoms. The van der Waals surface area contributed by atoms with E-state index in [4.69, 9.17) is 35.4 Å². The number of esters is 1. The fourth-order valence-electron chi connectivity index (χ4n) is 2.33. The van der Waals surface area contributed by atoms with E-state index < -0.39 is 5.97 Å². The summed E-state index contributed by atoms with van der Waals surface area (Å²) in [6.07, 6.45) is 1.63. The summed E-state index contributed by atoms with van der Waals surface area (Å²) in [5.41, 5.74) is 1.52. The van der Waals surface area contributed by atoms with Crippen molar-refractivity contribution in [2.45, 2.75) is 0 Å². The van der Waals surface area contributed by atoms with Gasteiger partial charge in [-0.25, -0.2) is 4.79 Å². The Morgan fingerprint density at radius 1 is 1.15 bits per heavy atom. The second kappa shape index (κ2) is 7.80. The van der Waals surface area contributed by atoms with E-state index in [2.05, 4.69) is 4.74 Å². The molecule has 26 heavy (non-hydrogen) atoms. The zero-order valence-electron chi connectivity index (χ0n) is 13.4. The van der Waals surface area contributed by atoms with Crippen LogP contribution in [0.25, 0.3) is 6.08 Å². The Labute approximate surface area is 169 Å². The summed E-state index contributed by atoms with van der Waals surface area (Å²) in [5, 5.41) is 0.899. The Balaban J connectivity index is 1.92. The molecule has 1 amide bonds. The molecule has 0 unspecified atom stereocenters. The molecule has 0 aliphatic carbocycles. The zero-order valence-corrected chi connectivity index (χ0v) is 16.5. The minimum absolute atomic E-state index is 0.276. The third kappa shape index (κ3) is 3.64. The summed E-state index contributed by atoms with van der Waals surface area (Å²) in [6, 6.07) is 11.6. The molecule has 3 rings (SSSR count). The van der Waals surface area contributed by atoms with Crippen LogP contribution < -0.4 is 4.90 Å². The third-order valence-electron chi connectivity index (χ3n) is 3.62. The highest BCUT2D eigenvalue weighted by molar-refractivity contribution is 8.27. The van der Waals surface area contributed by atoms with Gasteiger partial charge in [0.25, 0.3) is 5.91 Å². The molecule has 1 aliphatic heterocycles. The van der Waals surface area contributed by atoms with Gasteiger partial charge < -0.3 is 4.74 Å². The van der Waals surface area contributed by atoms with Crippen LogP contribution in [-0.4, -0.2) is 23.3 Å². The number of ether oxygens (including phenoxy) is 1. The largest absolute Gasteiger partial charge is 0.465 e. The molecule has 0 N–H and O–H groups in total. The molecule has 4 nitrogen and oxygen atoms in total. The van der Waals surface area contributed by atoms with Gasteiger partial charge in [-0.15, -0.1) is 0 Å². The molecule has 0 radical (unpaired) electrons. The number of carbonyl (C=O) groups excluding carboxylic acids is 2. The molecule has 1 fully saturated rings. The number of benzene rings is 2. The van der Waals surface area contributed by atoms with Gasteiger partial charge in [0.05, 0.1) is 23.3 Å². The van der Waals surface area contributed by atoms with Crippen LogP contribution in [0, 0.1) is 0 Å². The van der Waals surface area contributed by atoms with Crippen molar-refractivity contribution in [3.8, 4) is 0 Å². The topological polar surface area (TPSA) is 46.6 Å². The quantitative estimate of drug-likeness (QED) is 0.386. The predicted octanol–water partition coefficient (Wildman–Crippen LogP) is 5.19. The molecule has 0 aromatic heterocycles. The number of rotatable bonds is 3. The Kier molecular flexibility index (Phi) is 5.67. The van der Waals surface area contributed by atoms with E-state index in [1.165, 1.54) is 12.0 Å². The molecule has 1 aliphatic rings. The molecule has 2 aromatic rings. The zero-order chi connectivity index (χ0) is 18.8. The van der Waals surface area contributed by atoms with Crippen LogP contribution in [-0.2, 0) is 9.53 Å². The Morgan fingerprint density at radius 3 is 2.35 bits per heavy atom. The predicted molar refractivity (Wildman–Crippen MR) is 110 cm³/mol. The van der Waals surface area contributed by atoms with Crippen LogP contribution in [0.2, 0.25) is 10.0 Å². The smallest absolute Gasteiger partial charge is 0.337 e. The maximum Gasteiger partial charge on any atom is 0.337 e. The van der Waals surface area contributed by atoms with Crippen LogP contribution in [0.15, 0.2) is 47.4 Å². The fourth-order valence-corrected chi connectivity index (χ4v) is 4.12. The second-order valence-electron chi connectivity index (χ2n) is 5.19. The minimum Gasteiger partial charge on any atom is -0.465 e. The number of anilines is 1. The normalized spacial score (nSPS) is 15.7. The van der Waals surface area contributed by atoms with E-state index in [-0.39, 0.29) is 5.91 Å². The first-order valence-corrected chi connectivity index (χ1v) is 9.31. The van der Waals surface area contributed by atoms with Gasteiger partial charge in [-0.1, -0.05) is 53.2 Å². The number of nitrogens with zero attached hydrogens (tertiary/aromatic N) is 1. The van der Waals surface area contributed by atoms with Crippen molar-refractivity contribution in [2.75, 3.05) is 12.0 Å². The van der Waals surface area contributed by atoms with Crippen LogP contribution in [0.5, 0.6) is 0 Å². The number of hydrogen-bond donors (Lipinski definition) is 0. The van der Waals surface area contributed by atoms with Gasteiger partial charge in [0.2, 0.25) is 0 Å². The summed E-state index contributed by atoms with van der Waals surface area (Å²) in [7, 11) is 1.31. The van der Waals surface area contributed by atoms with E-state index in [0.29, 0.717) is 36.1 Å². The first-order valence-electron chi connectivity index (χ1n) is 7.32. The van der Waals surface area contributed by atoms with Crippen molar-refractivity contribution in [2.24, 2.45) is 0 Å². The highest BCUT2D eigenvalue weighted by atomic mass is 35.5. The Morgan fingerprint density at radius 2 is 1.77 bits per heavy atom. The van der Waals surface area contributed by atoms with Crippen molar-refractivity contribution in [3.05, 3.63) is 68.5 Å². The molecule has 1 saturated heterocycles. The summed E-state index contributed by atoms with van der Waals surface area (Å²) in [4.78, 5) is 26.1. The number of halogens is 2. The molecule has 2 aromatic carbocycles. The van der Waals surface area contributed by atoms with E-state index in [0.717, 1.165) is 11.8 Å². The SMILES string of the molecule is COC(=O)c1ccc(N2C(=O)/C(=C\c3c(Cl)cccc3Cl)SC2=S)cc1. The maximum atomic E-state index is 12.8. The number of methoxy groups -OCH3 is 1. The highest BCUT2D eigenvalue weighted by Crippen LogP contribution is 2.38. The maximum absolute atomic E-state index is 12.8. The van der Waals surface area contributed by atoms with Crippen LogP contribution in [0.1, 0.15) is 15.9 Å². The van der Waals surface area contributed by atoms with E-state index in [1.807, 2.05) is 0 Å². The van der Waals surface area contributed by atoms with Crippen LogP contribution in [0.4, 0.5) is 5.69 Å². The number of thioether (sulfide) groups is 1. The molecule has 0 bridgehead atoms. The second-order valence-corrected chi connectivity index (χ2v) is 7.68. The fraction of sp³-hybridized carbons (Fsp3) is 0.0556. The molecular weight excluding hydrogens is 413 g/mol. The molecular formula is C18H11Cl2NO3S2. The molecule has 1 heterocycles. The summed E-state index contributed by atoms with van der Waals surface area (Å²) < 4.78 is 5.05. The number of thiocarbonyl (C=S) groups is 1. The van der Waals surface area contributed by atoms with E-state index in [1.54, 1.807) is 48.5 Å². The Hall–Kier alpha value is -1.86. The van der Waals surface area contributed by atoms with E-state index in [9.17, 15) is 9.59 Å². The lowest BCUT2D eigenvalue weighted by atomic mass is 10.2. The lowest BCUT2D eigenvalue weighted by Gasteiger charge is -2.14. The van der Waals surface area contributed by atoms with Crippen molar-refractivity contribution in [1.82, 2.24) is 0 Å². The summed E-state index contributed by atoms with van der Waals surface area (Å²) in [6.45, 7) is 0. The lowest BCUT2D eigenvalue weighted by Crippen LogP contribution is -2.27. The lowest BCUT2D eigenvalue weighted by molar-refractivity contribution is -0.113. The van der Waals surface area contributed by atoms with Gasteiger partial charge in [0, 0.05) is 15.6 Å². The van der Waals surface area contributed by atoms with Gasteiger partial charge in [-0.2, -0.15) is 0 Å². The van der Waals surface area contributed by atoms with Gasteiger partial charge in [0.1, 0.15) is 0 Å². The molecule has 0 saturated carbocycles. The Bertz CT molecular complexity index is 922. The van der Waals surface area contributed by atoms with Gasteiger partial charge in [-0.3, -0.25) is 9.69 Å². The van der Waals surface area contributed by atoms with Gasteiger partial charge >= 0.3 is 5.97 Å². The number of amides is 1. The third-order valence-corrected chi connectivity index (χ3v) is 5.58. The first kappa shape index (κ1) is 18.9. The molecule has 132 valence electrons. The van der Waals surface area contributed by atoms with Crippen LogP contribution >= 0.6 is 47.2 Å². The van der Waals surface area contributed by atoms with Crippen LogP contribution in [0.3, 0.4) is 0 Å². The van der Waals surface area contributed by atoms with Gasteiger partial charge in [-0.05, 0) is 42.5 Å². The standard InChI is InChI=1S/C18H11Cl2NO3S2/c1-24-17(23)10-5-7-11(8-6-10)21-16(22)15(26-18(21)25)9-12-13(19)3-2-4-14(12)20/h2-9H,1H3/b15-9+. The summed E-state index contributed by atoms with van der Waals surface area (Å²) in [5.74, 6) is -0.725. The minimum atomic E-state index is -0.449. The van der Waals surface area contributed by atoms with E-state index >= 15 is 0 Å². The number of carbonyl (C=O) groups is 2. The average Bonchev–Trinajstić information content (AvgIpc) is 2.91. The van der Waals surface area contributed by atoms with Crippen molar-refractivity contribution in [3.63, 3.8) is 0 Å². The highest BCUT2D eigenvalue weighted by Gasteiger charge is 2.33.